The maximum atomic E-state index is 11.6. The molecule has 0 spiro atoms. The number of nitro groups is 2. The fraction of sp³-hybridized carbons (Fsp3) is 0.188. The standard InChI is InChI=1S/C16H12N4O6/c21-19(22)11-8-12-14(13(9-11)20(23)24)15(16-25-6-7-26-16)17-18(12)10-4-2-1-3-5-10/h1-5,8-9,16H,6-7H2. The molecule has 1 aliphatic rings. The predicted octanol–water partition coefficient (Wildman–Crippen LogP) is 2.89. The molecule has 1 aliphatic heterocycles. The van der Waals surface area contributed by atoms with Gasteiger partial charge in [-0.3, -0.25) is 20.2 Å². The summed E-state index contributed by atoms with van der Waals surface area (Å²) in [6.07, 6.45) is -0.859. The Kier molecular flexibility index (Phi) is 3.82. The number of aromatic nitrogens is 2. The molecule has 10 nitrogen and oxygen atoms in total. The molecular weight excluding hydrogens is 344 g/mol. The van der Waals surface area contributed by atoms with Crippen LogP contribution >= 0.6 is 0 Å². The van der Waals surface area contributed by atoms with Gasteiger partial charge in [0.2, 0.25) is 6.29 Å². The van der Waals surface area contributed by atoms with Gasteiger partial charge in [-0.15, -0.1) is 0 Å². The van der Waals surface area contributed by atoms with E-state index in [2.05, 4.69) is 5.10 Å². The Balaban J connectivity index is 2.08. The minimum absolute atomic E-state index is 0.163. The Bertz CT molecular complexity index is 1010. The lowest BCUT2D eigenvalue weighted by atomic mass is 10.1. The van der Waals surface area contributed by atoms with Crippen LogP contribution in [0.4, 0.5) is 11.4 Å². The van der Waals surface area contributed by atoms with Crippen molar-refractivity contribution in [2.75, 3.05) is 13.2 Å². The third-order valence-electron chi connectivity index (χ3n) is 4.03. The molecule has 0 N–H and O–H groups in total. The van der Waals surface area contributed by atoms with Crippen molar-refractivity contribution < 1.29 is 19.3 Å². The first-order chi connectivity index (χ1) is 12.6. The summed E-state index contributed by atoms with van der Waals surface area (Å²) in [5.41, 5.74) is 0.275. The molecule has 0 amide bonds. The second-order valence-corrected chi connectivity index (χ2v) is 5.58. The minimum atomic E-state index is -0.859. The van der Waals surface area contributed by atoms with E-state index < -0.39 is 21.8 Å². The van der Waals surface area contributed by atoms with Crippen molar-refractivity contribution in [3.05, 3.63) is 68.4 Å². The molecule has 1 fully saturated rings. The van der Waals surface area contributed by atoms with E-state index in [9.17, 15) is 20.2 Å². The van der Waals surface area contributed by atoms with Crippen molar-refractivity contribution in [3.8, 4) is 5.69 Å². The Labute approximate surface area is 145 Å². The SMILES string of the molecule is O=[N+]([O-])c1cc([N+](=O)[O-])c2c(C3OCCO3)nn(-c3ccccc3)c2c1. The van der Waals surface area contributed by atoms with Gasteiger partial charge in [0.1, 0.15) is 11.1 Å². The third kappa shape index (κ3) is 2.57. The number of fused-ring (bicyclic) bond motifs is 1. The van der Waals surface area contributed by atoms with Gasteiger partial charge in [-0.25, -0.2) is 4.68 Å². The molecule has 0 unspecified atom stereocenters. The smallest absolute Gasteiger partial charge is 0.287 e. The maximum absolute atomic E-state index is 11.6. The second kappa shape index (κ2) is 6.17. The zero-order chi connectivity index (χ0) is 18.3. The number of hydrogen-bond acceptors (Lipinski definition) is 7. The molecule has 10 heteroatoms. The van der Waals surface area contributed by atoms with Crippen LogP contribution in [0.5, 0.6) is 0 Å². The van der Waals surface area contributed by atoms with Gasteiger partial charge in [0.15, 0.2) is 0 Å². The van der Waals surface area contributed by atoms with Gasteiger partial charge < -0.3 is 9.47 Å². The number of hydrogen-bond donors (Lipinski definition) is 0. The average molecular weight is 356 g/mol. The number of non-ortho nitro benzene ring substituents is 2. The van der Waals surface area contributed by atoms with Crippen molar-refractivity contribution >= 4 is 22.3 Å². The first-order valence-corrected chi connectivity index (χ1v) is 7.70. The van der Waals surface area contributed by atoms with Crippen molar-refractivity contribution in [3.63, 3.8) is 0 Å². The third-order valence-corrected chi connectivity index (χ3v) is 4.03. The molecule has 2 aromatic carbocycles. The van der Waals surface area contributed by atoms with E-state index in [-0.39, 0.29) is 22.3 Å². The molecule has 0 bridgehead atoms. The highest BCUT2D eigenvalue weighted by molar-refractivity contribution is 5.94. The largest absolute Gasteiger partial charge is 0.345 e. The molecule has 4 rings (SSSR count). The number of rotatable bonds is 4. The summed E-state index contributed by atoms with van der Waals surface area (Å²) in [6.45, 7) is 0.677. The van der Waals surface area contributed by atoms with E-state index >= 15 is 0 Å². The molecular formula is C16H12N4O6. The van der Waals surface area contributed by atoms with Crippen molar-refractivity contribution in [2.24, 2.45) is 0 Å². The van der Waals surface area contributed by atoms with E-state index in [0.717, 1.165) is 6.07 Å². The van der Waals surface area contributed by atoms with E-state index in [0.29, 0.717) is 18.9 Å². The Morgan fingerprint density at radius 1 is 1.04 bits per heavy atom. The molecule has 0 saturated carbocycles. The van der Waals surface area contributed by atoms with Crippen molar-refractivity contribution in [1.82, 2.24) is 9.78 Å². The molecule has 26 heavy (non-hydrogen) atoms. The lowest BCUT2D eigenvalue weighted by molar-refractivity contribution is -0.393. The van der Waals surface area contributed by atoms with Crippen LogP contribution in [-0.4, -0.2) is 32.8 Å². The first kappa shape index (κ1) is 16.1. The lowest BCUT2D eigenvalue weighted by Crippen LogP contribution is -2.02. The summed E-state index contributed by atoms with van der Waals surface area (Å²) in [6, 6.07) is 11.0. The summed E-state index contributed by atoms with van der Waals surface area (Å²) >= 11 is 0. The van der Waals surface area contributed by atoms with Crippen LogP contribution in [0.2, 0.25) is 0 Å². The van der Waals surface area contributed by atoms with Crippen LogP contribution in [0, 0.1) is 20.2 Å². The Hall–Kier alpha value is -3.37. The number of para-hydroxylation sites is 1. The van der Waals surface area contributed by atoms with Gasteiger partial charge in [0.05, 0.1) is 40.3 Å². The quantitative estimate of drug-likeness (QED) is 0.520. The van der Waals surface area contributed by atoms with Crippen molar-refractivity contribution in [1.29, 1.82) is 0 Å². The zero-order valence-corrected chi connectivity index (χ0v) is 13.3. The monoisotopic (exact) mass is 356 g/mol. The van der Waals surface area contributed by atoms with E-state index in [1.54, 1.807) is 24.3 Å². The van der Waals surface area contributed by atoms with Gasteiger partial charge in [0, 0.05) is 6.07 Å². The highest BCUT2D eigenvalue weighted by atomic mass is 16.7. The summed E-state index contributed by atoms with van der Waals surface area (Å²) < 4.78 is 12.3. The number of benzene rings is 2. The van der Waals surface area contributed by atoms with Crippen LogP contribution in [-0.2, 0) is 9.47 Å². The van der Waals surface area contributed by atoms with Crippen LogP contribution in [0.15, 0.2) is 42.5 Å². The fourth-order valence-electron chi connectivity index (χ4n) is 2.94. The molecule has 132 valence electrons. The van der Waals surface area contributed by atoms with E-state index in [1.807, 2.05) is 6.07 Å². The molecule has 0 radical (unpaired) electrons. The zero-order valence-electron chi connectivity index (χ0n) is 13.3. The minimum Gasteiger partial charge on any atom is -0.345 e. The second-order valence-electron chi connectivity index (χ2n) is 5.58. The number of ether oxygens (including phenoxy) is 2. The highest BCUT2D eigenvalue weighted by Gasteiger charge is 2.32. The van der Waals surface area contributed by atoms with Crippen molar-refractivity contribution in [2.45, 2.75) is 6.29 Å². The molecule has 1 saturated heterocycles. The van der Waals surface area contributed by atoms with Crippen LogP contribution in [0.25, 0.3) is 16.6 Å². The van der Waals surface area contributed by atoms with Gasteiger partial charge in [-0.2, -0.15) is 5.10 Å². The average Bonchev–Trinajstić information content (AvgIpc) is 3.29. The molecule has 0 atom stereocenters. The van der Waals surface area contributed by atoms with Gasteiger partial charge in [-0.1, -0.05) is 18.2 Å². The van der Waals surface area contributed by atoms with E-state index in [1.165, 1.54) is 10.7 Å². The maximum Gasteiger partial charge on any atom is 0.287 e. The summed E-state index contributed by atoms with van der Waals surface area (Å²) in [5.74, 6) is 0. The highest BCUT2D eigenvalue weighted by Crippen LogP contribution is 2.38. The summed E-state index contributed by atoms with van der Waals surface area (Å²) in [4.78, 5) is 21.5. The van der Waals surface area contributed by atoms with Gasteiger partial charge in [0.25, 0.3) is 11.4 Å². The Morgan fingerprint density at radius 3 is 2.35 bits per heavy atom. The number of nitro benzene ring substituents is 2. The van der Waals surface area contributed by atoms with E-state index in [4.69, 9.17) is 9.47 Å². The van der Waals surface area contributed by atoms with Crippen LogP contribution in [0.1, 0.15) is 12.0 Å². The molecule has 2 heterocycles. The topological polar surface area (TPSA) is 123 Å². The molecule has 0 aliphatic carbocycles. The Morgan fingerprint density at radius 2 is 1.73 bits per heavy atom. The predicted molar refractivity (Wildman–Crippen MR) is 89.0 cm³/mol. The van der Waals surface area contributed by atoms with Crippen LogP contribution < -0.4 is 0 Å². The van der Waals surface area contributed by atoms with Crippen LogP contribution in [0.3, 0.4) is 0 Å². The number of nitrogens with zero attached hydrogens (tertiary/aromatic N) is 4. The van der Waals surface area contributed by atoms with Gasteiger partial charge in [-0.05, 0) is 12.1 Å². The molecule has 1 aromatic heterocycles. The fourth-order valence-corrected chi connectivity index (χ4v) is 2.94. The van der Waals surface area contributed by atoms with Gasteiger partial charge >= 0.3 is 0 Å². The lowest BCUT2D eigenvalue weighted by Gasteiger charge is -2.05. The summed E-state index contributed by atoms with van der Waals surface area (Å²) in [5, 5.41) is 27.4. The normalized spacial score (nSPS) is 14.8. The molecule has 3 aromatic rings. The summed E-state index contributed by atoms with van der Waals surface area (Å²) in [7, 11) is 0. The first-order valence-electron chi connectivity index (χ1n) is 7.70.